The Hall–Kier alpha value is -1.53. The fourth-order valence-corrected chi connectivity index (χ4v) is 3.70. The first kappa shape index (κ1) is 17.3. The van der Waals surface area contributed by atoms with E-state index in [1.807, 2.05) is 6.92 Å². The van der Waals surface area contributed by atoms with Crippen LogP contribution in [-0.4, -0.2) is 10.9 Å². The number of fused-ring (bicyclic) bond motifs is 2. The van der Waals surface area contributed by atoms with Crippen LogP contribution in [0.5, 0.6) is 0 Å². The van der Waals surface area contributed by atoms with Crippen molar-refractivity contribution in [2.45, 2.75) is 36.2 Å². The van der Waals surface area contributed by atoms with Crippen molar-refractivity contribution in [2.24, 2.45) is 0 Å². The van der Waals surface area contributed by atoms with Crippen LogP contribution in [0.2, 0.25) is 0 Å². The van der Waals surface area contributed by atoms with E-state index >= 15 is 0 Å². The van der Waals surface area contributed by atoms with E-state index in [0.717, 1.165) is 24.3 Å². The summed E-state index contributed by atoms with van der Waals surface area (Å²) in [4.78, 5) is 0.674. The predicted molar refractivity (Wildman–Crippen MR) is 85.7 cm³/mol. The monoisotopic (exact) mass is 356 g/mol. The van der Waals surface area contributed by atoms with Crippen LogP contribution in [0.4, 0.5) is 17.6 Å². The Kier molecular flexibility index (Phi) is 4.38. The molecule has 24 heavy (non-hydrogen) atoms. The lowest BCUT2D eigenvalue weighted by molar-refractivity contribution is -0.223. The topological polar surface area (TPSA) is 20.2 Å². The van der Waals surface area contributed by atoms with Crippen molar-refractivity contribution >= 4 is 11.8 Å². The van der Waals surface area contributed by atoms with Crippen LogP contribution in [0.1, 0.15) is 41.7 Å². The second kappa shape index (κ2) is 6.08. The molecule has 0 saturated heterocycles. The lowest BCUT2D eigenvalue weighted by Gasteiger charge is -2.27. The predicted octanol–water partition coefficient (Wildman–Crippen LogP) is 5.47. The van der Waals surface area contributed by atoms with Crippen LogP contribution in [0.25, 0.3) is 0 Å². The molecule has 0 aromatic heterocycles. The Balaban J connectivity index is 2.24. The third kappa shape index (κ3) is 2.52. The van der Waals surface area contributed by atoms with Gasteiger partial charge in [-0.25, -0.2) is 0 Å². The molecule has 6 heteroatoms. The average molecular weight is 356 g/mol. The lowest BCUT2D eigenvalue weighted by Crippen LogP contribution is -2.35. The second-order valence-electron chi connectivity index (χ2n) is 5.74. The summed E-state index contributed by atoms with van der Waals surface area (Å²) in [5.74, 6) is -8.02. The second-order valence-corrected chi connectivity index (χ2v) is 6.90. The van der Waals surface area contributed by atoms with Crippen molar-refractivity contribution in [2.75, 3.05) is 5.75 Å². The Morgan fingerprint density at radius 3 is 2.25 bits per heavy atom. The Morgan fingerprint density at radius 2 is 1.58 bits per heavy atom. The van der Waals surface area contributed by atoms with Crippen molar-refractivity contribution in [3.63, 3.8) is 0 Å². The van der Waals surface area contributed by atoms with E-state index in [0.29, 0.717) is 4.90 Å². The maximum Gasteiger partial charge on any atom is 0.340 e. The number of halogens is 4. The van der Waals surface area contributed by atoms with E-state index in [1.165, 1.54) is 42.1 Å². The van der Waals surface area contributed by atoms with Crippen molar-refractivity contribution in [3.8, 4) is 0 Å². The largest absolute Gasteiger partial charge is 0.384 e. The number of benzene rings is 2. The normalized spacial score (nSPS) is 20.8. The highest BCUT2D eigenvalue weighted by Crippen LogP contribution is 2.55. The highest BCUT2D eigenvalue weighted by molar-refractivity contribution is 7.99. The van der Waals surface area contributed by atoms with Crippen molar-refractivity contribution in [1.82, 2.24) is 0 Å². The Bertz CT molecular complexity index is 760. The lowest BCUT2D eigenvalue weighted by atomic mass is 9.96. The minimum Gasteiger partial charge on any atom is -0.384 e. The minimum atomic E-state index is -4.40. The summed E-state index contributed by atoms with van der Waals surface area (Å²) in [6.45, 7) is 1.98. The molecule has 1 atom stereocenters. The molecule has 3 rings (SSSR count). The number of aliphatic hydroxyl groups is 1. The van der Waals surface area contributed by atoms with Gasteiger partial charge in [0.1, 0.15) is 6.10 Å². The zero-order chi connectivity index (χ0) is 17.5. The van der Waals surface area contributed by atoms with Crippen LogP contribution in [-0.2, 0) is 11.8 Å². The molecule has 128 valence electrons. The molecule has 0 radical (unpaired) electrons. The zero-order valence-corrected chi connectivity index (χ0v) is 13.7. The highest BCUT2D eigenvalue weighted by Gasteiger charge is 2.62. The van der Waals surface area contributed by atoms with E-state index in [4.69, 9.17) is 0 Å². The molecule has 0 aliphatic heterocycles. The van der Waals surface area contributed by atoms with Gasteiger partial charge in [-0.1, -0.05) is 37.3 Å². The van der Waals surface area contributed by atoms with E-state index < -0.39 is 29.1 Å². The van der Waals surface area contributed by atoms with Crippen LogP contribution < -0.4 is 0 Å². The van der Waals surface area contributed by atoms with E-state index in [2.05, 4.69) is 0 Å². The summed E-state index contributed by atoms with van der Waals surface area (Å²) in [6, 6.07) is 8.76. The van der Waals surface area contributed by atoms with Crippen molar-refractivity contribution in [1.29, 1.82) is 0 Å². The van der Waals surface area contributed by atoms with Gasteiger partial charge in [0, 0.05) is 16.0 Å². The minimum absolute atomic E-state index is 0.161. The van der Waals surface area contributed by atoms with Crippen LogP contribution in [0, 0.1) is 0 Å². The Morgan fingerprint density at radius 1 is 0.958 bits per heavy atom. The summed E-state index contributed by atoms with van der Waals surface area (Å²) in [5, 5.41) is 10.5. The molecule has 2 aromatic carbocycles. The third-order valence-corrected chi connectivity index (χ3v) is 5.32. The first-order valence-corrected chi connectivity index (χ1v) is 8.59. The molecule has 1 nitrogen and oxygen atoms in total. The van der Waals surface area contributed by atoms with Gasteiger partial charge in [0.15, 0.2) is 0 Å². The molecule has 0 heterocycles. The summed E-state index contributed by atoms with van der Waals surface area (Å²) in [6.07, 6.45) is -0.626. The fraction of sp³-hybridized carbons (Fsp3) is 0.333. The summed E-state index contributed by atoms with van der Waals surface area (Å²) >= 11 is 1.44. The first-order chi connectivity index (χ1) is 11.3. The molecule has 1 aliphatic rings. The van der Waals surface area contributed by atoms with Gasteiger partial charge in [-0.3, -0.25) is 0 Å². The fourth-order valence-electron chi connectivity index (χ4n) is 2.89. The number of thioether (sulfide) groups is 1. The van der Waals surface area contributed by atoms with Crippen LogP contribution in [0.3, 0.4) is 0 Å². The van der Waals surface area contributed by atoms with E-state index in [-0.39, 0.29) is 11.1 Å². The molecule has 0 spiro atoms. The van der Waals surface area contributed by atoms with E-state index in [9.17, 15) is 22.7 Å². The molecule has 1 aliphatic carbocycles. The number of hydrogen-bond acceptors (Lipinski definition) is 2. The molecular formula is C18H16F4OS. The van der Waals surface area contributed by atoms with Crippen molar-refractivity contribution < 1.29 is 22.7 Å². The summed E-state index contributed by atoms with van der Waals surface area (Å²) in [7, 11) is 0. The van der Waals surface area contributed by atoms with Gasteiger partial charge >= 0.3 is 11.8 Å². The van der Waals surface area contributed by atoms with Gasteiger partial charge in [-0.2, -0.15) is 17.6 Å². The van der Waals surface area contributed by atoms with E-state index in [1.54, 1.807) is 0 Å². The third-order valence-electron chi connectivity index (χ3n) is 4.12. The molecule has 0 fully saturated rings. The summed E-state index contributed by atoms with van der Waals surface area (Å²) in [5.41, 5.74) is -2.00. The first-order valence-electron chi connectivity index (χ1n) is 7.61. The number of rotatable bonds is 3. The van der Waals surface area contributed by atoms with Gasteiger partial charge in [0.25, 0.3) is 0 Å². The average Bonchev–Trinajstić information content (AvgIpc) is 2.62. The van der Waals surface area contributed by atoms with Gasteiger partial charge in [0.05, 0.1) is 0 Å². The summed E-state index contributed by atoms with van der Waals surface area (Å²) < 4.78 is 58.3. The van der Waals surface area contributed by atoms with Crippen LogP contribution >= 0.6 is 11.8 Å². The maximum atomic E-state index is 14.6. The molecule has 0 amide bonds. The smallest absolute Gasteiger partial charge is 0.340 e. The van der Waals surface area contributed by atoms with Gasteiger partial charge < -0.3 is 5.11 Å². The van der Waals surface area contributed by atoms with Crippen molar-refractivity contribution in [3.05, 3.63) is 64.7 Å². The number of hydrogen-bond donors (Lipinski definition) is 1. The molecular weight excluding hydrogens is 340 g/mol. The maximum absolute atomic E-state index is 14.6. The van der Waals surface area contributed by atoms with Crippen LogP contribution in [0.15, 0.2) is 47.4 Å². The molecule has 1 unspecified atom stereocenters. The van der Waals surface area contributed by atoms with Gasteiger partial charge in [-0.15, -0.1) is 11.8 Å². The van der Waals surface area contributed by atoms with Gasteiger partial charge in [0.2, 0.25) is 0 Å². The molecule has 0 bridgehead atoms. The molecule has 1 N–H and O–H groups in total. The van der Waals surface area contributed by atoms with Gasteiger partial charge in [-0.05, 0) is 35.4 Å². The molecule has 2 aromatic rings. The standard InChI is InChI=1S/C18H16F4OS/c1-2-9-24-11-7-8-15-13(10-11)16(23)12-5-3-4-6-14(12)17(19,20)18(15,21)22/h3-8,10,16,23H,2,9H2,1H3. The number of alkyl halides is 4. The highest BCUT2D eigenvalue weighted by atomic mass is 32.2. The quantitative estimate of drug-likeness (QED) is 0.581. The zero-order valence-electron chi connectivity index (χ0n) is 12.9. The SMILES string of the molecule is CCCSc1ccc2c(c1)C(O)c1ccccc1C(F)(F)C2(F)F. The molecule has 0 saturated carbocycles. The Labute approximate surface area is 141 Å². The number of aliphatic hydroxyl groups excluding tert-OH is 1.